The number of benzene rings is 1. The monoisotopic (exact) mass is 437 g/mol. The molecule has 1 aromatic carbocycles. The first-order chi connectivity index (χ1) is 15.5. The first-order valence-electron chi connectivity index (χ1n) is 10.8. The minimum atomic E-state index is -0.973. The summed E-state index contributed by atoms with van der Waals surface area (Å²) in [5.74, 6) is -0.986. The summed E-state index contributed by atoms with van der Waals surface area (Å²) in [4.78, 5) is 50.2. The van der Waals surface area contributed by atoms with E-state index in [1.54, 1.807) is 18.2 Å². The number of fused-ring (bicyclic) bond motifs is 1. The summed E-state index contributed by atoms with van der Waals surface area (Å²) in [6.45, 7) is 2.33. The fourth-order valence-corrected chi connectivity index (χ4v) is 4.49. The van der Waals surface area contributed by atoms with E-state index in [1.807, 2.05) is 6.07 Å². The Morgan fingerprint density at radius 1 is 1.03 bits per heavy atom. The van der Waals surface area contributed by atoms with E-state index in [0.29, 0.717) is 23.9 Å². The van der Waals surface area contributed by atoms with Crippen molar-refractivity contribution in [1.82, 2.24) is 20.7 Å². The molecule has 1 aromatic heterocycles. The maximum absolute atomic E-state index is 12.9. The molecule has 2 fully saturated rings. The van der Waals surface area contributed by atoms with Crippen LogP contribution in [0.25, 0.3) is 0 Å². The molecule has 4 amide bonds. The van der Waals surface area contributed by atoms with Crippen LogP contribution in [0.15, 0.2) is 28.8 Å². The van der Waals surface area contributed by atoms with Crippen molar-refractivity contribution < 1.29 is 23.7 Å². The van der Waals surface area contributed by atoms with Gasteiger partial charge >= 0.3 is 0 Å². The van der Waals surface area contributed by atoms with Crippen LogP contribution in [0.1, 0.15) is 63.8 Å². The van der Waals surface area contributed by atoms with Gasteiger partial charge in [0.1, 0.15) is 6.04 Å². The molecule has 4 heterocycles. The Bertz CT molecular complexity index is 1100. The van der Waals surface area contributed by atoms with Crippen molar-refractivity contribution in [3.63, 3.8) is 0 Å². The second-order valence-electron chi connectivity index (χ2n) is 8.30. The second kappa shape index (κ2) is 8.19. The van der Waals surface area contributed by atoms with Crippen molar-refractivity contribution in [2.75, 3.05) is 18.4 Å². The van der Waals surface area contributed by atoms with E-state index in [-0.39, 0.29) is 24.0 Å². The standard InChI is InChI=1S/C22H23N5O5/c28-19-4-3-18(20(29)25-19)27-21(30)15-2-1-13(9-16(15)22(27)31)24-11-14-10-17(26-32-14)12-5-7-23-8-6-12/h1-2,9-10,12,18,23-24H,3-8,11H2,(H,25,28,29). The summed E-state index contributed by atoms with van der Waals surface area (Å²) in [5, 5.41) is 12.9. The molecule has 2 aromatic rings. The average molecular weight is 437 g/mol. The second-order valence-corrected chi connectivity index (χ2v) is 8.30. The third-order valence-electron chi connectivity index (χ3n) is 6.24. The lowest BCUT2D eigenvalue weighted by Gasteiger charge is -2.27. The van der Waals surface area contributed by atoms with Gasteiger partial charge in [0.15, 0.2) is 5.76 Å². The number of piperidine rings is 2. The maximum Gasteiger partial charge on any atom is 0.262 e. The molecule has 1 atom stereocenters. The molecule has 2 saturated heterocycles. The lowest BCUT2D eigenvalue weighted by Crippen LogP contribution is -2.54. The lowest BCUT2D eigenvalue weighted by atomic mass is 9.95. The van der Waals surface area contributed by atoms with E-state index >= 15 is 0 Å². The minimum absolute atomic E-state index is 0.0904. The number of aromatic nitrogens is 1. The fourth-order valence-electron chi connectivity index (χ4n) is 4.49. The molecule has 166 valence electrons. The number of amides is 4. The van der Waals surface area contributed by atoms with E-state index in [0.717, 1.165) is 36.5 Å². The highest BCUT2D eigenvalue weighted by Crippen LogP contribution is 2.30. The van der Waals surface area contributed by atoms with E-state index in [4.69, 9.17) is 4.52 Å². The zero-order valence-electron chi connectivity index (χ0n) is 17.3. The Balaban J connectivity index is 1.27. The summed E-state index contributed by atoms with van der Waals surface area (Å²) in [7, 11) is 0. The molecule has 0 saturated carbocycles. The van der Waals surface area contributed by atoms with Crippen LogP contribution in [-0.4, -0.2) is 52.8 Å². The van der Waals surface area contributed by atoms with E-state index in [1.165, 1.54) is 0 Å². The van der Waals surface area contributed by atoms with Crippen molar-refractivity contribution in [1.29, 1.82) is 0 Å². The van der Waals surface area contributed by atoms with Crippen molar-refractivity contribution in [3.05, 3.63) is 46.8 Å². The number of hydrogen-bond acceptors (Lipinski definition) is 8. The van der Waals surface area contributed by atoms with Gasteiger partial charge in [0.2, 0.25) is 11.8 Å². The van der Waals surface area contributed by atoms with E-state index < -0.39 is 29.7 Å². The summed E-state index contributed by atoms with van der Waals surface area (Å²) in [6, 6.07) is 5.87. The van der Waals surface area contributed by atoms with Crippen molar-refractivity contribution in [2.24, 2.45) is 0 Å². The number of hydrogen-bond donors (Lipinski definition) is 3. The third-order valence-corrected chi connectivity index (χ3v) is 6.24. The Kier molecular flexibility index (Phi) is 5.22. The summed E-state index contributed by atoms with van der Waals surface area (Å²) < 4.78 is 5.45. The molecule has 3 N–H and O–H groups in total. The number of nitrogens with zero attached hydrogens (tertiary/aromatic N) is 2. The Hall–Kier alpha value is -3.53. The lowest BCUT2D eigenvalue weighted by molar-refractivity contribution is -0.136. The normalized spacial score (nSPS) is 21.6. The summed E-state index contributed by atoms with van der Waals surface area (Å²) in [5.41, 5.74) is 2.09. The Labute approximate surface area is 183 Å². The van der Waals surface area contributed by atoms with E-state index in [9.17, 15) is 19.2 Å². The van der Waals surface area contributed by atoms with Crippen LogP contribution in [0.5, 0.6) is 0 Å². The molecule has 10 nitrogen and oxygen atoms in total. The first-order valence-corrected chi connectivity index (χ1v) is 10.8. The van der Waals surface area contributed by atoms with Crippen LogP contribution in [0.4, 0.5) is 5.69 Å². The summed E-state index contributed by atoms with van der Waals surface area (Å²) >= 11 is 0. The predicted molar refractivity (Wildman–Crippen MR) is 112 cm³/mol. The minimum Gasteiger partial charge on any atom is -0.378 e. The van der Waals surface area contributed by atoms with Crippen LogP contribution in [-0.2, 0) is 16.1 Å². The average Bonchev–Trinajstić information content (AvgIpc) is 3.37. The first kappa shape index (κ1) is 20.4. The molecule has 0 spiro atoms. The number of carbonyl (C=O) groups is 4. The van der Waals surface area contributed by atoms with Gasteiger partial charge < -0.3 is 15.2 Å². The predicted octanol–water partition coefficient (Wildman–Crippen LogP) is 1.15. The van der Waals surface area contributed by atoms with Gasteiger partial charge in [-0.2, -0.15) is 0 Å². The quantitative estimate of drug-likeness (QED) is 0.594. The van der Waals surface area contributed by atoms with Gasteiger partial charge in [-0.1, -0.05) is 5.16 Å². The van der Waals surface area contributed by atoms with Gasteiger partial charge in [-0.25, -0.2) is 0 Å². The molecule has 3 aliphatic rings. The molecule has 10 heteroatoms. The van der Waals surface area contributed by atoms with Crippen molar-refractivity contribution in [3.8, 4) is 0 Å². The van der Waals surface area contributed by atoms with Crippen LogP contribution in [0, 0.1) is 0 Å². The number of anilines is 1. The van der Waals surface area contributed by atoms with Crippen LogP contribution in [0.2, 0.25) is 0 Å². The number of rotatable bonds is 5. The van der Waals surface area contributed by atoms with Gasteiger partial charge in [-0.05, 0) is 50.6 Å². The topological polar surface area (TPSA) is 134 Å². The number of nitrogens with one attached hydrogen (secondary N) is 3. The molecule has 0 radical (unpaired) electrons. The van der Waals surface area contributed by atoms with Gasteiger partial charge in [0, 0.05) is 24.1 Å². The van der Waals surface area contributed by atoms with Gasteiger partial charge in [0.05, 0.1) is 23.4 Å². The molecule has 0 aliphatic carbocycles. The highest BCUT2D eigenvalue weighted by Gasteiger charge is 2.44. The van der Waals surface area contributed by atoms with Gasteiger partial charge in [-0.15, -0.1) is 0 Å². The third kappa shape index (κ3) is 3.66. The van der Waals surface area contributed by atoms with Crippen LogP contribution >= 0.6 is 0 Å². The van der Waals surface area contributed by atoms with Gasteiger partial charge in [-0.3, -0.25) is 29.4 Å². The molecule has 0 bridgehead atoms. The molecule has 3 aliphatic heterocycles. The number of carbonyl (C=O) groups excluding carboxylic acids is 4. The molecular weight excluding hydrogens is 414 g/mol. The molecule has 1 unspecified atom stereocenters. The highest BCUT2D eigenvalue weighted by molar-refractivity contribution is 6.23. The Morgan fingerprint density at radius 2 is 1.81 bits per heavy atom. The highest BCUT2D eigenvalue weighted by atomic mass is 16.5. The van der Waals surface area contributed by atoms with Crippen LogP contribution in [0.3, 0.4) is 0 Å². The largest absolute Gasteiger partial charge is 0.378 e. The van der Waals surface area contributed by atoms with Crippen LogP contribution < -0.4 is 16.0 Å². The molecular formula is C22H23N5O5. The zero-order chi connectivity index (χ0) is 22.2. The van der Waals surface area contributed by atoms with Crippen molar-refractivity contribution in [2.45, 2.75) is 44.2 Å². The SMILES string of the molecule is O=C1CCC(N2C(=O)c3ccc(NCc4cc(C5CCNCC5)no4)cc3C2=O)C(=O)N1. The number of imide groups is 2. The zero-order valence-corrected chi connectivity index (χ0v) is 17.3. The molecule has 5 rings (SSSR count). The maximum atomic E-state index is 12.9. The molecule has 32 heavy (non-hydrogen) atoms. The smallest absolute Gasteiger partial charge is 0.262 e. The fraction of sp³-hybridized carbons (Fsp3) is 0.409. The van der Waals surface area contributed by atoms with Crippen molar-refractivity contribution >= 4 is 29.3 Å². The Morgan fingerprint density at radius 3 is 2.59 bits per heavy atom. The summed E-state index contributed by atoms with van der Waals surface area (Å²) in [6.07, 6.45) is 2.29. The van der Waals surface area contributed by atoms with Gasteiger partial charge in [0.25, 0.3) is 11.8 Å². The van der Waals surface area contributed by atoms with E-state index in [2.05, 4.69) is 21.1 Å².